The highest BCUT2D eigenvalue weighted by atomic mass is 16.7. The van der Waals surface area contributed by atoms with Gasteiger partial charge in [-0.2, -0.15) is 4.98 Å². The van der Waals surface area contributed by atoms with E-state index in [0.717, 1.165) is 23.6 Å². The Hall–Kier alpha value is -2.99. The smallest absolute Gasteiger partial charge is 0.351 e. The molecule has 1 aliphatic rings. The van der Waals surface area contributed by atoms with E-state index in [4.69, 9.17) is 25.5 Å². The van der Waals surface area contributed by atoms with E-state index in [2.05, 4.69) is 4.98 Å². The molecule has 0 aliphatic carbocycles. The molecule has 4 atom stereocenters. The Kier molecular flexibility index (Phi) is 11.6. The van der Waals surface area contributed by atoms with Crippen LogP contribution in [0.4, 0.5) is 5.82 Å². The minimum atomic E-state index is -2.41. The maximum Gasteiger partial charge on any atom is 0.351 e. The predicted octanol–water partition coefficient (Wildman–Crippen LogP) is 2.88. The third-order valence-corrected chi connectivity index (χ3v) is 5.47. The van der Waals surface area contributed by atoms with Crippen LogP contribution >= 0.6 is 0 Å². The molecular formula is C24H37N3O9. The molecule has 12 heteroatoms. The van der Waals surface area contributed by atoms with E-state index in [1.165, 1.54) is 6.07 Å². The lowest BCUT2D eigenvalue weighted by Gasteiger charge is -2.25. The van der Waals surface area contributed by atoms with E-state index in [1.807, 2.05) is 20.8 Å². The molecule has 2 rings (SSSR count). The number of esters is 3. The maximum absolute atomic E-state index is 12.7. The van der Waals surface area contributed by atoms with Crippen LogP contribution in [0, 0.1) is 0 Å². The molecule has 1 aromatic rings. The first-order chi connectivity index (χ1) is 17.7. The highest BCUT2D eigenvalue weighted by Gasteiger charge is 2.51. The zero-order chi connectivity index (χ0) is 27.4. The average molecular weight is 513 g/mol. The first-order valence-electron chi connectivity index (χ1n) is 12.9. The first kappa shape index (κ1) is 27.6. The lowest BCUT2D eigenvalue weighted by atomic mass is 10.1. The summed E-state index contributed by atoms with van der Waals surface area (Å²) in [4.78, 5) is 53.7. The minimum Gasteiger partial charge on any atom is -0.463 e. The van der Waals surface area contributed by atoms with Crippen molar-refractivity contribution in [3.63, 3.8) is 0 Å². The van der Waals surface area contributed by atoms with Crippen molar-refractivity contribution in [2.45, 2.75) is 103 Å². The van der Waals surface area contributed by atoms with Crippen molar-refractivity contribution >= 4 is 23.7 Å². The molecule has 0 bridgehead atoms. The summed E-state index contributed by atoms with van der Waals surface area (Å²) in [6.07, 6.45) is -1.19. The monoisotopic (exact) mass is 512 g/mol. The Balaban J connectivity index is 2.46. The zero-order valence-electron chi connectivity index (χ0n) is 22.1. The van der Waals surface area contributed by atoms with Crippen molar-refractivity contribution in [3.8, 4) is 0 Å². The van der Waals surface area contributed by atoms with Crippen molar-refractivity contribution in [1.29, 1.82) is 0 Å². The van der Waals surface area contributed by atoms with Gasteiger partial charge in [0.2, 0.25) is 0 Å². The third-order valence-electron chi connectivity index (χ3n) is 5.47. The molecule has 0 radical (unpaired) electrons. The molecule has 2 heterocycles. The fraction of sp³-hybridized carbons (Fsp3) is 0.708. The number of rotatable bonds is 15. The summed E-state index contributed by atoms with van der Waals surface area (Å²) in [5, 5.41) is 9.06. The number of unbranched alkanes of at least 4 members (excludes halogenated alkanes) is 3. The van der Waals surface area contributed by atoms with E-state index in [-0.39, 0.29) is 25.1 Å². The van der Waals surface area contributed by atoms with Crippen LogP contribution in [0.5, 0.6) is 0 Å². The summed E-state index contributed by atoms with van der Waals surface area (Å²) in [5.74, 6) is -1.96. The molecule has 36 heavy (non-hydrogen) atoms. The Morgan fingerprint density at radius 1 is 1.03 bits per heavy atom. The fourth-order valence-electron chi connectivity index (χ4n) is 3.46. The Labute approximate surface area is 211 Å². The normalized spacial score (nSPS) is 23.6. The summed E-state index contributed by atoms with van der Waals surface area (Å²) in [7, 11) is 0. The van der Waals surface area contributed by atoms with E-state index < -0.39 is 54.7 Å². The van der Waals surface area contributed by atoms with Gasteiger partial charge in [0.15, 0.2) is 24.2 Å². The number of ether oxygens (including phenoxy) is 4. The molecule has 2 N–H and O–H groups in total. The van der Waals surface area contributed by atoms with E-state index in [0.29, 0.717) is 25.7 Å². The first-order valence-corrected chi connectivity index (χ1v) is 12.4. The summed E-state index contributed by atoms with van der Waals surface area (Å²) in [6.45, 7) is 5.33. The van der Waals surface area contributed by atoms with Crippen LogP contribution in [0.1, 0.15) is 86.1 Å². The van der Waals surface area contributed by atoms with Gasteiger partial charge in [0.1, 0.15) is 12.7 Å². The van der Waals surface area contributed by atoms with Gasteiger partial charge in [0, 0.05) is 25.5 Å². The van der Waals surface area contributed by atoms with Crippen molar-refractivity contribution in [1.82, 2.24) is 9.55 Å². The molecule has 0 amide bonds. The van der Waals surface area contributed by atoms with Gasteiger partial charge < -0.3 is 18.9 Å². The Morgan fingerprint density at radius 2 is 1.58 bits per heavy atom. The van der Waals surface area contributed by atoms with Crippen LogP contribution in [0.2, 0.25) is 0 Å². The van der Waals surface area contributed by atoms with E-state index >= 15 is 0 Å². The topological polar surface area (TPSA) is 155 Å². The number of hydrogen-bond acceptors (Lipinski definition) is 11. The molecule has 202 valence electrons. The lowest BCUT2D eigenvalue weighted by Crippen LogP contribution is -2.42. The number of anilines is 1. The van der Waals surface area contributed by atoms with Gasteiger partial charge in [0.25, 0.3) is 0 Å². The molecular weight excluding hydrogens is 474 g/mol. The summed E-state index contributed by atoms with van der Waals surface area (Å²) < 4.78 is 32.2. The quantitative estimate of drug-likeness (QED) is 0.202. The van der Waals surface area contributed by atoms with Crippen molar-refractivity contribution in [2.75, 3.05) is 12.1 Å². The molecule has 1 aliphatic heterocycles. The van der Waals surface area contributed by atoms with Gasteiger partial charge in [-0.25, -0.2) is 4.79 Å². The van der Waals surface area contributed by atoms with Crippen molar-refractivity contribution in [2.24, 2.45) is 0 Å². The van der Waals surface area contributed by atoms with E-state index in [9.17, 15) is 19.2 Å². The Bertz CT molecular complexity index is 973. The van der Waals surface area contributed by atoms with Crippen LogP contribution in [-0.2, 0) is 33.3 Å². The Morgan fingerprint density at radius 3 is 2.11 bits per heavy atom. The fourth-order valence-corrected chi connectivity index (χ4v) is 3.46. The molecule has 1 aromatic heterocycles. The van der Waals surface area contributed by atoms with Crippen molar-refractivity contribution < 1.29 is 39.9 Å². The molecule has 0 saturated carbocycles. The van der Waals surface area contributed by atoms with Crippen LogP contribution in [0.3, 0.4) is 0 Å². The second-order valence-electron chi connectivity index (χ2n) is 8.43. The van der Waals surface area contributed by atoms with Gasteiger partial charge in [-0.05, 0) is 25.3 Å². The number of nitrogens with one attached hydrogen (secondary N) is 1. The summed E-state index contributed by atoms with van der Waals surface area (Å²) in [6, 6.07) is 1.21. The third kappa shape index (κ3) is 8.59. The highest BCUT2D eigenvalue weighted by molar-refractivity contribution is 5.71. The van der Waals surface area contributed by atoms with Gasteiger partial charge in [-0.3, -0.25) is 29.6 Å². The molecule has 0 spiro atoms. The number of nitrogens with zero attached hydrogens (tertiary/aromatic N) is 2. The van der Waals surface area contributed by atoms with Crippen LogP contribution < -0.4 is 11.2 Å². The number of carbonyl (C=O) groups is 3. The van der Waals surface area contributed by atoms with Gasteiger partial charge in [-0.1, -0.05) is 40.0 Å². The van der Waals surface area contributed by atoms with Crippen LogP contribution in [0.15, 0.2) is 17.1 Å². The molecule has 0 unspecified atom stereocenters. The molecule has 1 saturated heterocycles. The molecule has 0 aromatic carbocycles. The number of hydrogen-bond donors (Lipinski definition) is 2. The van der Waals surface area contributed by atoms with E-state index in [1.54, 1.807) is 5.48 Å². The summed E-state index contributed by atoms with van der Waals surface area (Å²) in [5.41, 5.74) is 0.739. The minimum absolute atomic E-state index is 0.0385. The number of carbonyl (C=O) groups excluding carboxylic acids is 3. The SMILES string of the molecule is [2H][C@@]1(n2ccc(NO)nc2=O)O[C@H](COC(=O)CCCC)[C@@H](OC(=O)CCCC)[C@H]1OC(=O)CCCC. The summed E-state index contributed by atoms with van der Waals surface area (Å²) >= 11 is 0. The van der Waals surface area contributed by atoms with Crippen LogP contribution in [0.25, 0.3) is 0 Å². The second-order valence-corrected chi connectivity index (χ2v) is 8.43. The maximum atomic E-state index is 12.7. The molecule has 12 nitrogen and oxygen atoms in total. The standard InChI is InChI=1S/C24H37N3O9/c1-4-7-10-18(28)33-15-16-21(35-19(29)11-8-5-2)22(36-20(30)12-9-6-3)23(34-16)27-14-13-17(26-32)25-24(27)31/h13-14,16,21-23,32H,4-12,15H2,1-3H3,(H,25,26,31)/t16-,21-,22-,23-/m1/s1/i23D. The second kappa shape index (κ2) is 15.2. The average Bonchev–Trinajstić information content (AvgIpc) is 3.14. The van der Waals surface area contributed by atoms with Gasteiger partial charge in [-0.15, -0.1) is 0 Å². The molecule has 1 fully saturated rings. The van der Waals surface area contributed by atoms with Crippen molar-refractivity contribution in [3.05, 3.63) is 22.7 Å². The predicted molar refractivity (Wildman–Crippen MR) is 127 cm³/mol. The highest BCUT2D eigenvalue weighted by Crippen LogP contribution is 2.34. The largest absolute Gasteiger partial charge is 0.463 e. The number of aromatic nitrogens is 2. The van der Waals surface area contributed by atoms with Crippen LogP contribution in [-0.4, -0.2) is 57.6 Å². The lowest BCUT2D eigenvalue weighted by molar-refractivity contribution is -0.169. The van der Waals surface area contributed by atoms with Gasteiger partial charge in [0.05, 0.1) is 1.37 Å². The zero-order valence-corrected chi connectivity index (χ0v) is 21.1. The van der Waals surface area contributed by atoms with Gasteiger partial charge >= 0.3 is 23.6 Å².